The van der Waals surface area contributed by atoms with Crippen LogP contribution in [0.15, 0.2) is 0 Å². The van der Waals surface area contributed by atoms with Gasteiger partial charge in [-0.25, -0.2) is 36.0 Å². The van der Waals surface area contributed by atoms with E-state index in [-0.39, 0.29) is 42.6 Å². The maximum atomic E-state index is 11.3. The third kappa shape index (κ3) is 3.49. The number of nitrogens with two attached hydrogens (primary N) is 4. The SMILES string of the molecule is CC(=O)Cc1nn(CCO)c(N(N)C(N)=O)c1N(N)C(N)=O. The van der Waals surface area contributed by atoms with Crippen molar-refractivity contribution in [3.05, 3.63) is 5.69 Å². The van der Waals surface area contributed by atoms with Crippen molar-refractivity contribution >= 4 is 29.4 Å². The van der Waals surface area contributed by atoms with Crippen molar-refractivity contribution in [3.8, 4) is 0 Å². The number of hydrazine groups is 2. The number of nitrogens with zero attached hydrogens (tertiary/aromatic N) is 4. The van der Waals surface area contributed by atoms with Crippen LogP contribution in [0.1, 0.15) is 12.6 Å². The highest BCUT2D eigenvalue weighted by atomic mass is 16.3. The number of aromatic nitrogens is 2. The summed E-state index contributed by atoms with van der Waals surface area (Å²) in [5, 5.41) is 14.1. The van der Waals surface area contributed by atoms with Gasteiger partial charge < -0.3 is 16.6 Å². The molecule has 122 valence electrons. The lowest BCUT2D eigenvalue weighted by atomic mass is 10.2. The average Bonchev–Trinajstić information content (AvgIpc) is 2.74. The average molecular weight is 314 g/mol. The van der Waals surface area contributed by atoms with Gasteiger partial charge in [0.15, 0.2) is 5.82 Å². The van der Waals surface area contributed by atoms with Crippen LogP contribution in [0.5, 0.6) is 0 Å². The highest BCUT2D eigenvalue weighted by Crippen LogP contribution is 2.31. The van der Waals surface area contributed by atoms with Crippen LogP contribution in [0.25, 0.3) is 0 Å². The maximum absolute atomic E-state index is 11.3. The van der Waals surface area contributed by atoms with Gasteiger partial charge in [0.1, 0.15) is 11.5 Å². The fraction of sp³-hybridized carbons (Fsp3) is 0.400. The molecular weight excluding hydrogens is 296 g/mol. The monoisotopic (exact) mass is 314 g/mol. The minimum absolute atomic E-state index is 0.0638. The molecule has 0 atom stereocenters. The zero-order valence-electron chi connectivity index (χ0n) is 11.9. The molecule has 0 aromatic carbocycles. The smallest absolute Gasteiger partial charge is 0.335 e. The van der Waals surface area contributed by atoms with Crippen LogP contribution < -0.4 is 33.2 Å². The van der Waals surface area contributed by atoms with Crippen LogP contribution in [-0.4, -0.2) is 39.3 Å². The first-order valence-corrected chi connectivity index (χ1v) is 6.09. The number of ketones is 1. The Morgan fingerprint density at radius 2 is 1.73 bits per heavy atom. The van der Waals surface area contributed by atoms with Crippen LogP contribution in [0.4, 0.5) is 21.1 Å². The fourth-order valence-electron chi connectivity index (χ4n) is 1.80. The first-order chi connectivity index (χ1) is 10.2. The van der Waals surface area contributed by atoms with E-state index < -0.39 is 12.1 Å². The van der Waals surface area contributed by atoms with Crippen molar-refractivity contribution in [1.29, 1.82) is 0 Å². The van der Waals surface area contributed by atoms with Gasteiger partial charge in [-0.3, -0.25) is 4.79 Å². The normalized spacial score (nSPS) is 10.4. The molecule has 12 heteroatoms. The van der Waals surface area contributed by atoms with Crippen LogP contribution in [0.3, 0.4) is 0 Å². The molecule has 0 unspecified atom stereocenters. The summed E-state index contributed by atoms with van der Waals surface area (Å²) in [4.78, 5) is 34.0. The Kier molecular flexibility index (Phi) is 5.39. The number of carbonyl (C=O) groups is 3. The second-order valence-corrected chi connectivity index (χ2v) is 4.36. The summed E-state index contributed by atoms with van der Waals surface area (Å²) < 4.78 is 1.10. The lowest BCUT2D eigenvalue weighted by molar-refractivity contribution is -0.116. The van der Waals surface area contributed by atoms with Crippen LogP contribution in [0, 0.1) is 0 Å². The van der Waals surface area contributed by atoms with E-state index in [4.69, 9.17) is 28.3 Å². The van der Waals surface area contributed by atoms with Gasteiger partial charge >= 0.3 is 12.1 Å². The molecule has 1 heterocycles. The minimum Gasteiger partial charge on any atom is -0.394 e. The van der Waals surface area contributed by atoms with Gasteiger partial charge in [-0.15, -0.1) is 0 Å². The quantitative estimate of drug-likeness (QED) is 0.217. The van der Waals surface area contributed by atoms with Gasteiger partial charge in [0.2, 0.25) is 0 Å². The molecule has 1 rings (SSSR count). The number of anilines is 2. The van der Waals surface area contributed by atoms with Crippen molar-refractivity contribution in [2.75, 3.05) is 16.6 Å². The Morgan fingerprint density at radius 1 is 1.18 bits per heavy atom. The molecule has 0 radical (unpaired) electrons. The standard InChI is InChI=1S/C10H18N8O4/c1-5(20)4-6-7(17(13)9(11)21)8(18(14)10(12)22)16(15-6)2-3-19/h19H,2-4,13-14H2,1H3,(H2,11,21)(H2,12,22). The highest BCUT2D eigenvalue weighted by molar-refractivity contribution is 5.99. The highest BCUT2D eigenvalue weighted by Gasteiger charge is 2.29. The van der Waals surface area contributed by atoms with Crippen molar-refractivity contribution in [2.45, 2.75) is 19.9 Å². The van der Waals surface area contributed by atoms with E-state index in [0.29, 0.717) is 10.0 Å². The molecule has 1 aromatic heterocycles. The molecule has 0 spiro atoms. The number of amides is 4. The number of aliphatic hydroxyl groups is 1. The van der Waals surface area contributed by atoms with Crippen LogP contribution in [-0.2, 0) is 17.8 Å². The number of hydrogen-bond acceptors (Lipinski definition) is 7. The summed E-state index contributed by atoms with van der Waals surface area (Å²) in [5.74, 6) is 10.7. The van der Waals surface area contributed by atoms with E-state index in [2.05, 4.69) is 5.10 Å². The van der Waals surface area contributed by atoms with Gasteiger partial charge in [0, 0.05) is 0 Å². The molecule has 0 saturated carbocycles. The first-order valence-electron chi connectivity index (χ1n) is 6.09. The number of rotatable bonds is 6. The number of urea groups is 2. The van der Waals surface area contributed by atoms with Gasteiger partial charge in [0.05, 0.1) is 25.3 Å². The Balaban J connectivity index is 3.58. The summed E-state index contributed by atoms with van der Waals surface area (Å²) in [6, 6.07) is -2.12. The van der Waals surface area contributed by atoms with Crippen LogP contribution >= 0.6 is 0 Å². The third-order valence-corrected chi connectivity index (χ3v) is 2.64. The first kappa shape index (κ1) is 17.4. The summed E-state index contributed by atoms with van der Waals surface area (Å²) in [7, 11) is 0. The van der Waals surface area contributed by atoms with E-state index in [1.54, 1.807) is 0 Å². The van der Waals surface area contributed by atoms with E-state index in [9.17, 15) is 14.4 Å². The Morgan fingerprint density at radius 3 is 2.14 bits per heavy atom. The summed E-state index contributed by atoms with van der Waals surface area (Å²) in [6.45, 7) is 0.878. The molecule has 4 amide bonds. The Bertz CT molecular complexity index is 598. The Labute approximate surface area is 125 Å². The second-order valence-electron chi connectivity index (χ2n) is 4.36. The van der Waals surface area contributed by atoms with Gasteiger partial charge in [0.25, 0.3) is 0 Å². The lowest BCUT2D eigenvalue weighted by Crippen LogP contribution is -2.47. The second kappa shape index (κ2) is 6.84. The molecule has 0 fully saturated rings. The molecule has 22 heavy (non-hydrogen) atoms. The predicted octanol–water partition coefficient (Wildman–Crippen LogP) is -2.48. The lowest BCUT2D eigenvalue weighted by Gasteiger charge is -2.21. The van der Waals surface area contributed by atoms with Crippen LogP contribution in [0.2, 0.25) is 0 Å². The number of Topliss-reactive ketones (excluding diaryl/α,β-unsaturated/α-hetero) is 1. The van der Waals surface area contributed by atoms with Crippen molar-refractivity contribution < 1.29 is 19.5 Å². The zero-order valence-corrected chi connectivity index (χ0v) is 11.9. The van der Waals surface area contributed by atoms with E-state index in [0.717, 1.165) is 4.68 Å². The number of carbonyl (C=O) groups excluding carboxylic acids is 3. The van der Waals surface area contributed by atoms with E-state index in [1.165, 1.54) is 6.92 Å². The number of hydrogen-bond donors (Lipinski definition) is 5. The molecule has 9 N–H and O–H groups in total. The molecule has 0 aliphatic heterocycles. The van der Waals surface area contributed by atoms with E-state index >= 15 is 0 Å². The summed E-state index contributed by atoms with van der Waals surface area (Å²) >= 11 is 0. The number of aliphatic hydroxyl groups excluding tert-OH is 1. The number of primary amides is 2. The maximum Gasteiger partial charge on any atom is 0.335 e. The minimum atomic E-state index is -1.06. The van der Waals surface area contributed by atoms with Crippen molar-refractivity contribution in [3.63, 3.8) is 0 Å². The molecule has 1 aromatic rings. The molecule has 0 saturated heterocycles. The van der Waals surface area contributed by atoms with Crippen molar-refractivity contribution in [2.24, 2.45) is 23.2 Å². The van der Waals surface area contributed by atoms with Crippen molar-refractivity contribution in [1.82, 2.24) is 9.78 Å². The van der Waals surface area contributed by atoms with Gasteiger partial charge in [-0.1, -0.05) is 0 Å². The largest absolute Gasteiger partial charge is 0.394 e. The topological polar surface area (TPSA) is 200 Å². The molecule has 0 aliphatic carbocycles. The Hall–Kier alpha value is -2.70. The molecule has 0 aliphatic rings. The third-order valence-electron chi connectivity index (χ3n) is 2.64. The predicted molar refractivity (Wildman–Crippen MR) is 76.2 cm³/mol. The molecule has 12 nitrogen and oxygen atoms in total. The molecular formula is C10H18N8O4. The van der Waals surface area contributed by atoms with Gasteiger partial charge in [-0.05, 0) is 6.92 Å². The van der Waals surface area contributed by atoms with Gasteiger partial charge in [-0.2, -0.15) is 5.10 Å². The zero-order chi connectivity index (χ0) is 17.0. The van der Waals surface area contributed by atoms with E-state index in [1.807, 2.05) is 0 Å². The summed E-state index contributed by atoms with van der Waals surface area (Å²) in [5.41, 5.74) is 10.1. The fourth-order valence-corrected chi connectivity index (χ4v) is 1.80. The summed E-state index contributed by atoms with van der Waals surface area (Å²) in [6.07, 6.45) is -0.186. The molecule has 0 bridgehead atoms.